The van der Waals surface area contributed by atoms with Crippen LogP contribution in [-0.4, -0.2) is 39.9 Å². The molecule has 0 bridgehead atoms. The summed E-state index contributed by atoms with van der Waals surface area (Å²) >= 11 is 4.83. The summed E-state index contributed by atoms with van der Waals surface area (Å²) in [5.74, 6) is -1.27. The van der Waals surface area contributed by atoms with Gasteiger partial charge in [-0.05, 0) is 17.8 Å². The number of carboxylic acid groups (broad SMARTS) is 1. The van der Waals surface area contributed by atoms with Crippen molar-refractivity contribution in [1.29, 1.82) is 0 Å². The van der Waals surface area contributed by atoms with Crippen LogP contribution in [0, 0.1) is 0 Å². The quantitative estimate of drug-likeness (QED) is 0.459. The molecule has 0 aliphatic carbocycles. The summed E-state index contributed by atoms with van der Waals surface area (Å²) in [6.45, 7) is -0.505. The monoisotopic (exact) mass is 297 g/mol. The van der Waals surface area contributed by atoms with Crippen molar-refractivity contribution in [3.63, 3.8) is 0 Å². The van der Waals surface area contributed by atoms with E-state index in [9.17, 15) is 9.59 Å². The van der Waals surface area contributed by atoms with E-state index in [-0.39, 0.29) is 11.9 Å². The van der Waals surface area contributed by atoms with Gasteiger partial charge in [0.25, 0.3) is 5.91 Å². The molecule has 6 N–H and O–H groups in total. The zero-order valence-corrected chi connectivity index (χ0v) is 11.3. The summed E-state index contributed by atoms with van der Waals surface area (Å²) in [5.41, 5.74) is 5.70. The van der Waals surface area contributed by atoms with Gasteiger partial charge in [-0.3, -0.25) is 9.59 Å². The maximum Gasteiger partial charge on any atom is 0.322 e. The molecule has 2 rings (SSSR count). The Bertz CT molecular complexity index is 495. The molecule has 1 aliphatic heterocycles. The fraction of sp³-hybridized carbons (Fsp3) is 0.250. The highest BCUT2D eigenvalue weighted by Gasteiger charge is 2.27. The van der Waals surface area contributed by atoms with Crippen LogP contribution >= 0.6 is 12.2 Å². The maximum atomic E-state index is 11.3. The van der Waals surface area contributed by atoms with Gasteiger partial charge in [-0.25, -0.2) is 0 Å². The molecule has 108 valence electrons. The van der Waals surface area contributed by atoms with E-state index < -0.39 is 18.6 Å². The molecule has 20 heavy (non-hydrogen) atoms. The van der Waals surface area contributed by atoms with E-state index in [1.54, 1.807) is 0 Å². The second-order valence-corrected chi connectivity index (χ2v) is 4.34. The fourth-order valence-electron chi connectivity index (χ4n) is 1.38. The van der Waals surface area contributed by atoms with Crippen molar-refractivity contribution in [3.05, 3.63) is 35.9 Å². The lowest BCUT2D eigenvalue weighted by molar-refractivity contribution is -0.139. The summed E-state index contributed by atoms with van der Waals surface area (Å²) in [6, 6.07) is 8.04. The summed E-state index contributed by atoms with van der Waals surface area (Å²) in [5, 5.41) is 21.7. The molecule has 1 aromatic carbocycles. The van der Waals surface area contributed by atoms with E-state index >= 15 is 0 Å². The van der Waals surface area contributed by atoms with Crippen LogP contribution in [0.1, 0.15) is 11.6 Å². The van der Waals surface area contributed by atoms with Gasteiger partial charge < -0.3 is 26.6 Å². The number of benzene rings is 1. The van der Waals surface area contributed by atoms with Gasteiger partial charge in [0.2, 0.25) is 0 Å². The number of aliphatic hydroxyl groups is 1. The second kappa shape index (κ2) is 7.53. The molecule has 0 radical (unpaired) electrons. The van der Waals surface area contributed by atoms with Crippen LogP contribution in [0.15, 0.2) is 30.3 Å². The molecular formula is C12H15N3O4S. The number of aliphatic carboxylic acids is 1. The van der Waals surface area contributed by atoms with Crippen LogP contribution in [0.3, 0.4) is 0 Å². The average Bonchev–Trinajstić information content (AvgIpc) is 2.78. The van der Waals surface area contributed by atoms with E-state index in [0.29, 0.717) is 5.11 Å². The first-order chi connectivity index (χ1) is 9.45. The molecule has 1 aromatic rings. The number of thiocarbonyl (C=S) groups is 1. The van der Waals surface area contributed by atoms with Crippen molar-refractivity contribution in [2.45, 2.75) is 12.1 Å². The molecule has 1 amide bonds. The molecule has 2 atom stereocenters. The minimum Gasteiger partial charge on any atom is -0.480 e. The number of carboxylic acids is 1. The first kappa shape index (κ1) is 16.0. The fourth-order valence-corrected chi connectivity index (χ4v) is 1.59. The highest BCUT2D eigenvalue weighted by molar-refractivity contribution is 7.80. The molecule has 7 nitrogen and oxygen atoms in total. The summed E-state index contributed by atoms with van der Waals surface area (Å²) in [4.78, 5) is 21.0. The van der Waals surface area contributed by atoms with Crippen molar-refractivity contribution >= 4 is 29.2 Å². The van der Waals surface area contributed by atoms with Gasteiger partial charge in [-0.2, -0.15) is 0 Å². The number of carbonyl (C=O) groups excluding carboxylic acids is 1. The standard InChI is InChI=1S/C9H8N2OS.C3H7NO3/c12-8-7(10-9(13)11-8)6-4-2-1-3-5-6;4-2(1-5)3(6)7/h1-5,7H,(H2,10,11,12,13);2,5H,1,4H2,(H,6,7)/t;2-/m.0/s1. The number of nitrogens with one attached hydrogen (secondary N) is 2. The van der Waals surface area contributed by atoms with Crippen molar-refractivity contribution < 1.29 is 19.8 Å². The number of carbonyl (C=O) groups is 2. The summed E-state index contributed by atoms with van der Waals surface area (Å²) in [6.07, 6.45) is 0. The predicted molar refractivity (Wildman–Crippen MR) is 75.8 cm³/mol. The number of rotatable bonds is 3. The molecule has 0 saturated carbocycles. The third-order valence-electron chi connectivity index (χ3n) is 2.42. The molecule has 1 unspecified atom stereocenters. The molecule has 1 saturated heterocycles. The van der Waals surface area contributed by atoms with E-state index in [2.05, 4.69) is 10.6 Å². The highest BCUT2D eigenvalue weighted by Crippen LogP contribution is 2.15. The van der Waals surface area contributed by atoms with Crippen molar-refractivity contribution in [1.82, 2.24) is 10.6 Å². The van der Waals surface area contributed by atoms with E-state index in [1.807, 2.05) is 30.3 Å². The van der Waals surface area contributed by atoms with Crippen LogP contribution < -0.4 is 16.4 Å². The maximum absolute atomic E-state index is 11.3. The topological polar surface area (TPSA) is 125 Å². The molecular weight excluding hydrogens is 282 g/mol. The van der Waals surface area contributed by atoms with Gasteiger partial charge in [0, 0.05) is 0 Å². The van der Waals surface area contributed by atoms with E-state index in [1.165, 1.54) is 0 Å². The Kier molecular flexibility index (Phi) is 6.04. The Labute approximate surface area is 120 Å². The average molecular weight is 297 g/mol. The van der Waals surface area contributed by atoms with Crippen LogP contribution in [0.25, 0.3) is 0 Å². The minimum absolute atomic E-state index is 0.0869. The van der Waals surface area contributed by atoms with E-state index in [4.69, 9.17) is 28.2 Å². The van der Waals surface area contributed by atoms with Crippen LogP contribution in [-0.2, 0) is 9.59 Å². The Morgan fingerprint density at radius 3 is 2.35 bits per heavy atom. The van der Waals surface area contributed by atoms with Crippen LogP contribution in [0.5, 0.6) is 0 Å². The molecule has 0 spiro atoms. The Balaban J connectivity index is 0.000000246. The SMILES string of the molecule is N[C@@H](CO)C(=O)O.O=C1NC(=S)NC1c1ccccc1. The zero-order valence-electron chi connectivity index (χ0n) is 10.4. The molecule has 0 aromatic heterocycles. The number of aliphatic hydroxyl groups excluding tert-OH is 1. The summed E-state index contributed by atoms with van der Waals surface area (Å²) < 4.78 is 0. The van der Waals surface area contributed by atoms with Crippen molar-refractivity contribution in [2.75, 3.05) is 6.61 Å². The highest BCUT2D eigenvalue weighted by atomic mass is 32.1. The summed E-state index contributed by atoms with van der Waals surface area (Å²) in [7, 11) is 0. The lowest BCUT2D eigenvalue weighted by Crippen LogP contribution is -2.33. The number of nitrogens with two attached hydrogens (primary N) is 1. The lowest BCUT2D eigenvalue weighted by Gasteiger charge is -2.06. The zero-order chi connectivity index (χ0) is 15.1. The molecule has 1 fully saturated rings. The minimum atomic E-state index is -1.18. The Hall–Kier alpha value is -2.03. The number of hydrogen-bond acceptors (Lipinski definition) is 5. The van der Waals surface area contributed by atoms with Gasteiger partial charge in [0.05, 0.1) is 6.61 Å². The lowest BCUT2D eigenvalue weighted by atomic mass is 10.1. The van der Waals surface area contributed by atoms with Gasteiger partial charge in [-0.15, -0.1) is 0 Å². The smallest absolute Gasteiger partial charge is 0.322 e. The largest absolute Gasteiger partial charge is 0.480 e. The third-order valence-corrected chi connectivity index (χ3v) is 2.64. The Morgan fingerprint density at radius 2 is 2.00 bits per heavy atom. The van der Waals surface area contributed by atoms with Gasteiger partial charge >= 0.3 is 5.97 Å². The van der Waals surface area contributed by atoms with Gasteiger partial charge in [0.1, 0.15) is 12.1 Å². The van der Waals surface area contributed by atoms with Crippen molar-refractivity contribution in [3.8, 4) is 0 Å². The number of hydrogen-bond donors (Lipinski definition) is 5. The normalized spacial score (nSPS) is 18.4. The Morgan fingerprint density at radius 1 is 1.40 bits per heavy atom. The molecule has 8 heteroatoms. The first-order valence-electron chi connectivity index (χ1n) is 5.71. The van der Waals surface area contributed by atoms with Crippen molar-refractivity contribution in [2.24, 2.45) is 5.73 Å². The molecule has 1 aliphatic rings. The van der Waals surface area contributed by atoms with E-state index in [0.717, 1.165) is 5.56 Å². The molecule has 1 heterocycles. The third kappa shape index (κ3) is 4.57. The van der Waals surface area contributed by atoms with Gasteiger partial charge in [-0.1, -0.05) is 30.3 Å². The first-order valence-corrected chi connectivity index (χ1v) is 6.12. The van der Waals surface area contributed by atoms with Gasteiger partial charge in [0.15, 0.2) is 5.11 Å². The van der Waals surface area contributed by atoms with Crippen LogP contribution in [0.4, 0.5) is 0 Å². The second-order valence-electron chi connectivity index (χ2n) is 3.93. The number of amides is 1. The van der Waals surface area contributed by atoms with Crippen LogP contribution in [0.2, 0.25) is 0 Å². The predicted octanol–water partition coefficient (Wildman–Crippen LogP) is -0.877.